The van der Waals surface area contributed by atoms with Crippen molar-refractivity contribution in [2.24, 2.45) is 4.99 Å². The molecule has 1 amide bonds. The lowest BCUT2D eigenvalue weighted by atomic mass is 10.2. The molecule has 2 heterocycles. The van der Waals surface area contributed by atoms with E-state index < -0.39 is 15.7 Å². The zero-order chi connectivity index (χ0) is 17.5. The number of amidine groups is 1. The van der Waals surface area contributed by atoms with Crippen molar-refractivity contribution in [2.75, 3.05) is 16.4 Å². The van der Waals surface area contributed by atoms with Gasteiger partial charge in [0.25, 0.3) is 5.91 Å². The van der Waals surface area contributed by atoms with Crippen LogP contribution < -0.4 is 4.90 Å². The molecule has 0 spiro atoms. The van der Waals surface area contributed by atoms with E-state index in [1.54, 1.807) is 29.2 Å². The van der Waals surface area contributed by atoms with Crippen LogP contribution in [0, 0.1) is 11.3 Å². The number of amides is 1. The van der Waals surface area contributed by atoms with Crippen molar-refractivity contribution < 1.29 is 13.2 Å². The number of rotatable bonds is 2. The van der Waals surface area contributed by atoms with Gasteiger partial charge in [0.1, 0.15) is 6.42 Å². The fraction of sp³-hybridized carbons (Fsp3) is 0.357. The van der Waals surface area contributed by atoms with Gasteiger partial charge in [-0.2, -0.15) is 10.3 Å². The summed E-state index contributed by atoms with van der Waals surface area (Å²) in [5.74, 6) is -0.546. The molecule has 24 heavy (non-hydrogen) atoms. The summed E-state index contributed by atoms with van der Waals surface area (Å²) in [6.45, 7) is 0. The highest BCUT2D eigenvalue weighted by Crippen LogP contribution is 2.42. The number of carbonyl (C=O) groups is 1. The van der Waals surface area contributed by atoms with E-state index in [9.17, 15) is 13.2 Å². The van der Waals surface area contributed by atoms with Gasteiger partial charge < -0.3 is 4.90 Å². The van der Waals surface area contributed by atoms with Crippen LogP contribution in [0.25, 0.3) is 0 Å². The molecule has 6 nitrogen and oxygen atoms in total. The highest BCUT2D eigenvalue weighted by molar-refractivity contribution is 8.16. The molecule has 2 aliphatic rings. The monoisotopic (exact) mass is 403 g/mol. The largest absolute Gasteiger partial charge is 0.316 e. The molecule has 0 aromatic heterocycles. The van der Waals surface area contributed by atoms with E-state index in [0.29, 0.717) is 20.9 Å². The Balaban J connectivity index is 2.03. The zero-order valence-electron chi connectivity index (χ0n) is 12.1. The van der Waals surface area contributed by atoms with Gasteiger partial charge in [-0.1, -0.05) is 35.0 Å². The second kappa shape index (κ2) is 6.56. The normalized spacial score (nSPS) is 26.4. The first-order valence-electron chi connectivity index (χ1n) is 6.90. The minimum Gasteiger partial charge on any atom is -0.316 e. The number of carbonyl (C=O) groups excluding carboxylic acids is 1. The number of aliphatic imine (C=N–C) groups is 1. The number of thioether (sulfide) groups is 1. The number of fused-ring (bicyclic) bond motifs is 1. The van der Waals surface area contributed by atoms with E-state index in [2.05, 4.69) is 4.99 Å². The first-order valence-corrected chi connectivity index (χ1v) is 10.4. The van der Waals surface area contributed by atoms with Crippen molar-refractivity contribution in [3.63, 3.8) is 0 Å². The number of sulfone groups is 1. The van der Waals surface area contributed by atoms with Crippen LogP contribution in [0.15, 0.2) is 23.2 Å². The molecule has 0 radical (unpaired) electrons. The molecule has 0 aliphatic carbocycles. The molecule has 2 atom stereocenters. The van der Waals surface area contributed by atoms with Crippen LogP contribution in [0.2, 0.25) is 10.0 Å². The van der Waals surface area contributed by atoms with Gasteiger partial charge in [-0.05, 0) is 18.2 Å². The lowest BCUT2D eigenvalue weighted by Gasteiger charge is -2.24. The summed E-state index contributed by atoms with van der Waals surface area (Å²) in [5.41, 5.74) is 0.616. The first kappa shape index (κ1) is 17.5. The molecule has 126 valence electrons. The molecule has 2 saturated heterocycles. The summed E-state index contributed by atoms with van der Waals surface area (Å²) < 4.78 is 23.9. The summed E-state index contributed by atoms with van der Waals surface area (Å²) >= 11 is 13.2. The second-order valence-corrected chi connectivity index (χ2v) is 9.57. The number of nitrogens with zero attached hydrogens (tertiary/aromatic N) is 3. The number of benzene rings is 1. The second-order valence-electron chi connectivity index (χ2n) is 5.39. The number of anilines is 1. The molecule has 0 unspecified atom stereocenters. The Bertz CT molecular complexity index is 880. The van der Waals surface area contributed by atoms with Crippen molar-refractivity contribution in [2.45, 2.75) is 17.7 Å². The lowest BCUT2D eigenvalue weighted by Crippen LogP contribution is -2.37. The van der Waals surface area contributed by atoms with E-state index in [-0.39, 0.29) is 29.2 Å². The number of hydrogen-bond donors (Lipinski definition) is 0. The molecule has 0 N–H and O–H groups in total. The van der Waals surface area contributed by atoms with Crippen LogP contribution in [0.5, 0.6) is 0 Å². The summed E-state index contributed by atoms with van der Waals surface area (Å²) in [6.07, 6.45) is -0.326. The Morgan fingerprint density at radius 2 is 2.12 bits per heavy atom. The minimum atomic E-state index is -3.14. The van der Waals surface area contributed by atoms with Gasteiger partial charge in [-0.3, -0.25) is 4.79 Å². The van der Waals surface area contributed by atoms with Crippen LogP contribution >= 0.6 is 35.0 Å². The van der Waals surface area contributed by atoms with Crippen LogP contribution in [0.3, 0.4) is 0 Å². The van der Waals surface area contributed by atoms with Crippen LogP contribution in [0.1, 0.15) is 6.42 Å². The number of halogens is 2. The minimum absolute atomic E-state index is 0.0175. The Morgan fingerprint density at radius 1 is 1.38 bits per heavy atom. The Labute approximate surface area is 153 Å². The van der Waals surface area contributed by atoms with Gasteiger partial charge in [0.05, 0.1) is 33.7 Å². The quantitative estimate of drug-likeness (QED) is 0.753. The van der Waals surface area contributed by atoms with Crippen molar-refractivity contribution >= 4 is 61.6 Å². The molecule has 0 bridgehead atoms. The van der Waals surface area contributed by atoms with Gasteiger partial charge in [0, 0.05) is 10.9 Å². The Kier molecular flexibility index (Phi) is 4.80. The van der Waals surface area contributed by atoms with Crippen LogP contribution in [-0.4, -0.2) is 42.3 Å². The average molecular weight is 404 g/mol. The highest BCUT2D eigenvalue weighted by Gasteiger charge is 2.49. The third kappa shape index (κ3) is 3.40. The summed E-state index contributed by atoms with van der Waals surface area (Å²) in [5, 5.41) is 9.50. The van der Waals surface area contributed by atoms with Crippen molar-refractivity contribution in [3.05, 3.63) is 28.2 Å². The molecule has 2 aliphatic heterocycles. The van der Waals surface area contributed by atoms with E-state index in [4.69, 9.17) is 28.5 Å². The van der Waals surface area contributed by atoms with Gasteiger partial charge in [0.2, 0.25) is 0 Å². The van der Waals surface area contributed by atoms with Crippen LogP contribution in [0.4, 0.5) is 5.69 Å². The van der Waals surface area contributed by atoms with Crippen LogP contribution in [-0.2, 0) is 14.6 Å². The van der Waals surface area contributed by atoms with Crippen molar-refractivity contribution in [1.82, 2.24) is 0 Å². The predicted octanol–water partition coefficient (Wildman–Crippen LogP) is 2.51. The number of nitriles is 1. The standard InChI is InChI=1S/C14H11Cl2N3O3S2/c15-9-2-1-8(5-10(9)16)19-11-6-24(21,22)7-12(11)23-14(19)18-13(20)3-4-17/h1-2,5,11-12H,3,6-7H2/t11-,12-/m1/s1. The molecule has 1 aromatic rings. The topological polar surface area (TPSA) is 90.6 Å². The molecule has 10 heteroatoms. The molecule has 1 aromatic carbocycles. The van der Waals surface area contributed by atoms with Gasteiger partial charge in [-0.15, -0.1) is 0 Å². The maximum atomic E-state index is 11.9. The maximum Gasteiger partial charge on any atom is 0.262 e. The van der Waals surface area contributed by atoms with E-state index in [1.807, 2.05) is 0 Å². The van der Waals surface area contributed by atoms with Gasteiger partial charge in [-0.25, -0.2) is 8.42 Å². The predicted molar refractivity (Wildman–Crippen MR) is 95.4 cm³/mol. The molecule has 3 rings (SSSR count). The lowest BCUT2D eigenvalue weighted by molar-refractivity contribution is -0.116. The molecule has 0 saturated carbocycles. The van der Waals surface area contributed by atoms with Crippen molar-refractivity contribution in [3.8, 4) is 6.07 Å². The third-order valence-electron chi connectivity index (χ3n) is 3.70. The molecular formula is C14H11Cl2N3O3S2. The average Bonchev–Trinajstić information content (AvgIpc) is 2.93. The maximum absolute atomic E-state index is 11.9. The van der Waals surface area contributed by atoms with Gasteiger partial charge >= 0.3 is 0 Å². The van der Waals surface area contributed by atoms with Crippen molar-refractivity contribution in [1.29, 1.82) is 5.26 Å². The van der Waals surface area contributed by atoms with Gasteiger partial charge in [0.15, 0.2) is 15.0 Å². The smallest absolute Gasteiger partial charge is 0.262 e. The summed E-state index contributed by atoms with van der Waals surface area (Å²) in [7, 11) is -3.14. The Hall–Kier alpha value is -1.27. The molecule has 2 fully saturated rings. The van der Waals surface area contributed by atoms with E-state index >= 15 is 0 Å². The van der Waals surface area contributed by atoms with E-state index in [1.165, 1.54) is 11.8 Å². The summed E-state index contributed by atoms with van der Waals surface area (Å²) in [4.78, 5) is 17.4. The Morgan fingerprint density at radius 3 is 2.79 bits per heavy atom. The fourth-order valence-corrected chi connectivity index (χ4v) is 6.94. The molecular weight excluding hydrogens is 393 g/mol. The fourth-order valence-electron chi connectivity index (χ4n) is 2.72. The zero-order valence-corrected chi connectivity index (χ0v) is 15.3. The SMILES string of the molecule is N#CCC(=O)N=C1S[C@@H]2CS(=O)(=O)C[C@H]2N1c1ccc(Cl)c(Cl)c1. The first-order chi connectivity index (χ1) is 11.3. The summed E-state index contributed by atoms with van der Waals surface area (Å²) in [6, 6.07) is 6.35. The number of hydrogen-bond acceptors (Lipinski definition) is 5. The van der Waals surface area contributed by atoms with E-state index in [0.717, 1.165) is 0 Å². The highest BCUT2D eigenvalue weighted by atomic mass is 35.5. The third-order valence-corrected chi connectivity index (χ3v) is 7.65.